The number of hydrogen-bond acceptors (Lipinski definition) is 6. The fourth-order valence-electron chi connectivity index (χ4n) is 2.77. The highest BCUT2D eigenvalue weighted by Gasteiger charge is 2.14. The maximum Gasteiger partial charge on any atom is 0.273 e. The first-order valence-electron chi connectivity index (χ1n) is 9.34. The van der Waals surface area contributed by atoms with Crippen molar-refractivity contribution in [3.05, 3.63) is 81.6 Å². The van der Waals surface area contributed by atoms with Crippen LogP contribution in [-0.2, 0) is 5.75 Å². The quantitative estimate of drug-likeness (QED) is 0.329. The van der Waals surface area contributed by atoms with Gasteiger partial charge in [-0.15, -0.1) is 0 Å². The van der Waals surface area contributed by atoms with Gasteiger partial charge in [-0.2, -0.15) is 0 Å². The number of nitrogens with one attached hydrogen (secondary N) is 2. The van der Waals surface area contributed by atoms with Crippen LogP contribution in [0.5, 0.6) is 5.75 Å². The number of nitrogens with zero attached hydrogens (tertiary/aromatic N) is 2. The molecular formula is C22H21ClN4O3S. The van der Waals surface area contributed by atoms with E-state index in [1.807, 2.05) is 32.0 Å². The highest BCUT2D eigenvalue weighted by atomic mass is 35.5. The number of carbonyl (C=O) groups excluding carboxylic acids is 2. The predicted octanol–water partition coefficient (Wildman–Crippen LogP) is 4.12. The van der Waals surface area contributed by atoms with Crippen LogP contribution in [-0.4, -0.2) is 28.9 Å². The van der Waals surface area contributed by atoms with Gasteiger partial charge in [0, 0.05) is 27.7 Å². The third-order valence-electron chi connectivity index (χ3n) is 4.24. The summed E-state index contributed by atoms with van der Waals surface area (Å²) in [6.45, 7) is 3.88. The first kappa shape index (κ1) is 22.6. The second kappa shape index (κ2) is 10.3. The van der Waals surface area contributed by atoms with Gasteiger partial charge in [0.2, 0.25) is 0 Å². The van der Waals surface area contributed by atoms with Crippen LogP contribution in [0.2, 0.25) is 5.02 Å². The number of rotatable bonds is 6. The number of aryl methyl sites for hydroxylation is 2. The van der Waals surface area contributed by atoms with E-state index in [-0.39, 0.29) is 5.56 Å². The molecule has 0 atom stereocenters. The zero-order valence-corrected chi connectivity index (χ0v) is 18.8. The molecule has 2 amide bonds. The van der Waals surface area contributed by atoms with E-state index in [9.17, 15) is 9.59 Å². The zero-order valence-electron chi connectivity index (χ0n) is 17.2. The monoisotopic (exact) mass is 456 g/mol. The Morgan fingerprint density at radius 3 is 2.26 bits per heavy atom. The van der Waals surface area contributed by atoms with Gasteiger partial charge < -0.3 is 4.74 Å². The van der Waals surface area contributed by atoms with Gasteiger partial charge in [0.25, 0.3) is 11.8 Å². The fourth-order valence-corrected chi connectivity index (χ4v) is 3.85. The second-order valence-electron chi connectivity index (χ2n) is 6.67. The molecule has 0 aliphatic rings. The van der Waals surface area contributed by atoms with Crippen molar-refractivity contribution in [2.45, 2.75) is 24.8 Å². The lowest BCUT2D eigenvalue weighted by molar-refractivity contribution is 0.0845. The molecule has 160 valence electrons. The molecule has 0 fully saturated rings. The van der Waals surface area contributed by atoms with Crippen molar-refractivity contribution >= 4 is 35.2 Å². The summed E-state index contributed by atoms with van der Waals surface area (Å²) in [5, 5.41) is 1.11. The average molecular weight is 457 g/mol. The molecule has 9 heteroatoms. The Bertz CT molecular complexity index is 1090. The van der Waals surface area contributed by atoms with Gasteiger partial charge in [0.05, 0.1) is 12.7 Å². The molecule has 0 spiro atoms. The summed E-state index contributed by atoms with van der Waals surface area (Å²) in [4.78, 5) is 33.5. The van der Waals surface area contributed by atoms with E-state index in [0.29, 0.717) is 22.1 Å². The highest BCUT2D eigenvalue weighted by Crippen LogP contribution is 2.22. The SMILES string of the molecule is COc1ccc(Cl)cc1C(=O)NNC(=O)c1ccc(CSc2nc(C)cc(C)n2)cc1. The zero-order chi connectivity index (χ0) is 22.4. The third-order valence-corrected chi connectivity index (χ3v) is 5.40. The molecule has 0 unspecified atom stereocenters. The fraction of sp³-hybridized carbons (Fsp3) is 0.182. The average Bonchev–Trinajstić information content (AvgIpc) is 2.75. The summed E-state index contributed by atoms with van der Waals surface area (Å²) in [5.41, 5.74) is 8.28. The topological polar surface area (TPSA) is 93.2 Å². The summed E-state index contributed by atoms with van der Waals surface area (Å²) in [6, 6.07) is 13.7. The molecule has 0 saturated carbocycles. The molecule has 0 aliphatic carbocycles. The standard InChI is InChI=1S/C22H21ClN4O3S/c1-13-10-14(2)25-22(24-13)31-12-15-4-6-16(7-5-15)20(28)26-27-21(29)18-11-17(23)8-9-19(18)30-3/h4-11H,12H2,1-3H3,(H,26,28)(H,27,29). The maximum absolute atomic E-state index is 12.4. The van der Waals surface area contributed by atoms with E-state index >= 15 is 0 Å². The van der Waals surface area contributed by atoms with E-state index in [0.717, 1.165) is 22.1 Å². The Labute approximate surface area is 189 Å². The molecule has 0 radical (unpaired) electrons. The van der Waals surface area contributed by atoms with Crippen molar-refractivity contribution in [1.29, 1.82) is 0 Å². The van der Waals surface area contributed by atoms with Gasteiger partial charge in [-0.3, -0.25) is 20.4 Å². The lowest BCUT2D eigenvalue weighted by Gasteiger charge is -2.11. The van der Waals surface area contributed by atoms with Crippen LogP contribution in [0.25, 0.3) is 0 Å². The molecular weight excluding hydrogens is 436 g/mol. The predicted molar refractivity (Wildman–Crippen MR) is 120 cm³/mol. The van der Waals surface area contributed by atoms with Gasteiger partial charge in [-0.25, -0.2) is 9.97 Å². The van der Waals surface area contributed by atoms with E-state index in [4.69, 9.17) is 16.3 Å². The summed E-state index contributed by atoms with van der Waals surface area (Å²) < 4.78 is 5.15. The summed E-state index contributed by atoms with van der Waals surface area (Å²) in [7, 11) is 1.45. The van der Waals surface area contributed by atoms with Crippen LogP contribution < -0.4 is 15.6 Å². The second-order valence-corrected chi connectivity index (χ2v) is 8.05. The van der Waals surface area contributed by atoms with Gasteiger partial charge in [-0.05, 0) is 55.8 Å². The van der Waals surface area contributed by atoms with Crippen LogP contribution >= 0.6 is 23.4 Å². The van der Waals surface area contributed by atoms with Crippen LogP contribution in [0.15, 0.2) is 53.7 Å². The Morgan fingerprint density at radius 2 is 1.61 bits per heavy atom. The number of carbonyl (C=O) groups is 2. The normalized spacial score (nSPS) is 10.5. The number of benzene rings is 2. The summed E-state index contributed by atoms with van der Waals surface area (Å²) in [6.07, 6.45) is 0. The number of methoxy groups -OCH3 is 1. The lowest BCUT2D eigenvalue weighted by atomic mass is 10.1. The molecule has 2 aromatic carbocycles. The van der Waals surface area contributed by atoms with Crippen molar-refractivity contribution < 1.29 is 14.3 Å². The largest absolute Gasteiger partial charge is 0.496 e. The van der Waals surface area contributed by atoms with E-state index in [2.05, 4.69) is 20.8 Å². The molecule has 0 saturated heterocycles. The van der Waals surface area contributed by atoms with Crippen LogP contribution in [0.1, 0.15) is 37.7 Å². The maximum atomic E-state index is 12.4. The van der Waals surface area contributed by atoms with Crippen LogP contribution in [0, 0.1) is 13.8 Å². The van der Waals surface area contributed by atoms with Gasteiger partial charge in [0.1, 0.15) is 5.75 Å². The number of hydrazine groups is 1. The van der Waals surface area contributed by atoms with Crippen LogP contribution in [0.3, 0.4) is 0 Å². The van der Waals surface area contributed by atoms with Gasteiger partial charge >= 0.3 is 0 Å². The highest BCUT2D eigenvalue weighted by molar-refractivity contribution is 7.98. The Hall–Kier alpha value is -3.10. The van der Waals surface area contributed by atoms with Crippen LogP contribution in [0.4, 0.5) is 0 Å². The molecule has 1 heterocycles. The molecule has 2 N–H and O–H groups in total. The van der Waals surface area contributed by atoms with Gasteiger partial charge in [0.15, 0.2) is 5.16 Å². The Kier molecular flexibility index (Phi) is 7.49. The van der Waals surface area contributed by atoms with E-state index in [1.165, 1.54) is 24.9 Å². The number of aromatic nitrogens is 2. The number of thioether (sulfide) groups is 1. The number of hydrogen-bond donors (Lipinski definition) is 2. The first-order chi connectivity index (χ1) is 14.9. The van der Waals surface area contributed by atoms with Crippen molar-refractivity contribution in [3.8, 4) is 5.75 Å². The molecule has 0 aliphatic heterocycles. The van der Waals surface area contributed by atoms with Crippen molar-refractivity contribution in [1.82, 2.24) is 20.8 Å². The van der Waals surface area contributed by atoms with Crippen molar-refractivity contribution in [2.24, 2.45) is 0 Å². The summed E-state index contributed by atoms with van der Waals surface area (Å²) >= 11 is 7.47. The molecule has 3 rings (SSSR count). The number of ether oxygens (including phenoxy) is 1. The molecule has 3 aromatic rings. The first-order valence-corrected chi connectivity index (χ1v) is 10.7. The number of halogens is 1. The minimum atomic E-state index is -0.533. The number of amides is 2. The van der Waals surface area contributed by atoms with Gasteiger partial charge in [-0.1, -0.05) is 35.5 Å². The smallest absolute Gasteiger partial charge is 0.273 e. The third kappa shape index (κ3) is 6.19. The molecule has 31 heavy (non-hydrogen) atoms. The lowest BCUT2D eigenvalue weighted by Crippen LogP contribution is -2.41. The minimum Gasteiger partial charge on any atom is -0.496 e. The van der Waals surface area contributed by atoms with E-state index in [1.54, 1.807) is 24.3 Å². The molecule has 7 nitrogen and oxygen atoms in total. The van der Waals surface area contributed by atoms with Crippen molar-refractivity contribution in [2.75, 3.05) is 7.11 Å². The molecule has 0 bridgehead atoms. The van der Waals surface area contributed by atoms with E-state index < -0.39 is 11.8 Å². The van der Waals surface area contributed by atoms with Crippen molar-refractivity contribution in [3.63, 3.8) is 0 Å². The Morgan fingerprint density at radius 1 is 0.968 bits per heavy atom. The molecule has 1 aromatic heterocycles. The summed E-state index contributed by atoms with van der Waals surface area (Å²) in [5.74, 6) is 0.0574. The minimum absolute atomic E-state index is 0.219. The Balaban J connectivity index is 1.56.